The number of nitrogens with one attached hydrogen (secondary N) is 1. The predicted molar refractivity (Wildman–Crippen MR) is 143 cm³/mol. The molecule has 1 N–H and O–H groups in total. The van der Waals surface area contributed by atoms with Gasteiger partial charge in [-0.1, -0.05) is 78.3 Å². The Morgan fingerprint density at radius 2 is 1.56 bits per heavy atom. The molecule has 5 aromatic rings. The lowest BCUT2D eigenvalue weighted by Gasteiger charge is -2.16. The van der Waals surface area contributed by atoms with Gasteiger partial charge >= 0.3 is 12.3 Å². The van der Waals surface area contributed by atoms with Crippen LogP contribution in [0.5, 0.6) is 5.75 Å². The van der Waals surface area contributed by atoms with E-state index in [9.17, 15) is 22.8 Å². The maximum atomic E-state index is 13.8. The lowest BCUT2D eigenvalue weighted by Crippen LogP contribution is -2.17. The number of halogens is 4. The molecule has 0 aliphatic carbocycles. The number of carbonyl (C=O) groups excluding carboxylic acids is 2. The van der Waals surface area contributed by atoms with Crippen molar-refractivity contribution in [1.29, 1.82) is 0 Å². The van der Waals surface area contributed by atoms with E-state index < -0.39 is 23.6 Å². The number of para-hydroxylation sites is 2. The van der Waals surface area contributed by atoms with Crippen molar-refractivity contribution >= 4 is 40.1 Å². The molecule has 1 aromatic heterocycles. The first kappa shape index (κ1) is 25.9. The molecule has 194 valence electrons. The highest BCUT2D eigenvalue weighted by Gasteiger charge is 2.34. The molecule has 0 aliphatic rings. The Morgan fingerprint density at radius 1 is 0.846 bits per heavy atom. The van der Waals surface area contributed by atoms with E-state index in [-0.39, 0.29) is 32.8 Å². The zero-order chi connectivity index (χ0) is 27.6. The van der Waals surface area contributed by atoms with Crippen molar-refractivity contribution in [1.82, 2.24) is 4.98 Å². The van der Waals surface area contributed by atoms with Gasteiger partial charge in [-0.15, -0.1) is 0 Å². The van der Waals surface area contributed by atoms with Gasteiger partial charge < -0.3 is 4.74 Å². The number of hydrogen-bond donors (Lipinski definition) is 1. The first-order valence-corrected chi connectivity index (χ1v) is 12.0. The van der Waals surface area contributed by atoms with E-state index in [0.717, 1.165) is 12.3 Å². The Kier molecular flexibility index (Phi) is 7.04. The summed E-state index contributed by atoms with van der Waals surface area (Å²) in [7, 11) is 0. The Labute approximate surface area is 225 Å². The number of carbonyl (C=O) groups is 2. The van der Waals surface area contributed by atoms with Crippen molar-refractivity contribution < 1.29 is 27.5 Å². The van der Waals surface area contributed by atoms with Crippen LogP contribution in [0, 0.1) is 0 Å². The summed E-state index contributed by atoms with van der Waals surface area (Å²) < 4.78 is 46.7. The van der Waals surface area contributed by atoms with Crippen LogP contribution in [0.25, 0.3) is 22.0 Å². The van der Waals surface area contributed by atoms with Gasteiger partial charge in [0.25, 0.3) is 0 Å². The van der Waals surface area contributed by atoms with Gasteiger partial charge in [-0.05, 0) is 35.9 Å². The fourth-order valence-electron chi connectivity index (χ4n) is 4.20. The van der Waals surface area contributed by atoms with Crippen LogP contribution in [0.4, 0.5) is 23.7 Å². The number of alkyl halides is 3. The molecule has 0 radical (unpaired) electrons. The Morgan fingerprint density at radius 3 is 2.31 bits per heavy atom. The zero-order valence-corrected chi connectivity index (χ0v) is 20.8. The van der Waals surface area contributed by atoms with Crippen LogP contribution < -0.4 is 10.1 Å². The van der Waals surface area contributed by atoms with Gasteiger partial charge in [-0.2, -0.15) is 13.2 Å². The molecule has 0 aliphatic heterocycles. The van der Waals surface area contributed by atoms with E-state index in [1.165, 1.54) is 18.2 Å². The highest BCUT2D eigenvalue weighted by atomic mass is 35.5. The first-order valence-electron chi connectivity index (χ1n) is 11.6. The van der Waals surface area contributed by atoms with E-state index in [4.69, 9.17) is 16.3 Å². The number of nitrogens with zero attached hydrogens (tertiary/aromatic N) is 1. The zero-order valence-electron chi connectivity index (χ0n) is 20.0. The number of pyridine rings is 1. The summed E-state index contributed by atoms with van der Waals surface area (Å²) in [5.41, 5.74) is 0.200. The van der Waals surface area contributed by atoms with Crippen LogP contribution in [-0.2, 0) is 6.18 Å². The van der Waals surface area contributed by atoms with Crippen molar-refractivity contribution in [2.75, 3.05) is 5.32 Å². The summed E-state index contributed by atoms with van der Waals surface area (Å²) in [6.45, 7) is 0. The van der Waals surface area contributed by atoms with Crippen molar-refractivity contribution in [2.45, 2.75) is 6.18 Å². The van der Waals surface area contributed by atoms with Gasteiger partial charge in [-0.25, -0.2) is 4.79 Å². The van der Waals surface area contributed by atoms with Gasteiger partial charge in [0.1, 0.15) is 0 Å². The van der Waals surface area contributed by atoms with Crippen molar-refractivity contribution in [2.24, 2.45) is 0 Å². The minimum absolute atomic E-state index is 0.115. The molecule has 0 spiro atoms. The number of ketones is 1. The molecular formula is C30H18ClF3N2O3. The molecular weight excluding hydrogens is 529 g/mol. The molecule has 0 saturated heterocycles. The van der Waals surface area contributed by atoms with Crippen molar-refractivity contribution in [3.63, 3.8) is 0 Å². The maximum Gasteiger partial charge on any atom is 0.418 e. The number of rotatable bonds is 5. The monoisotopic (exact) mass is 546 g/mol. The molecule has 0 bridgehead atoms. The predicted octanol–water partition coefficient (Wildman–Crippen LogP) is 8.42. The lowest BCUT2D eigenvalue weighted by atomic mass is 9.91. The average molecular weight is 547 g/mol. The smallest absolute Gasteiger partial charge is 0.409 e. The Hall–Kier alpha value is -4.69. The summed E-state index contributed by atoms with van der Waals surface area (Å²) in [4.78, 5) is 30.1. The summed E-state index contributed by atoms with van der Waals surface area (Å²) in [5, 5.41) is 2.98. The average Bonchev–Trinajstić information content (AvgIpc) is 2.93. The molecule has 1 amide bonds. The first-order chi connectivity index (χ1) is 18.7. The molecule has 4 aromatic carbocycles. The van der Waals surface area contributed by atoms with Crippen LogP contribution in [-0.4, -0.2) is 16.9 Å². The van der Waals surface area contributed by atoms with E-state index in [1.54, 1.807) is 72.8 Å². The largest absolute Gasteiger partial charge is 0.418 e. The third kappa shape index (κ3) is 5.46. The minimum Gasteiger partial charge on any atom is -0.409 e. The molecule has 0 fully saturated rings. The quantitative estimate of drug-likeness (QED) is 0.225. The standard InChI is InChI=1S/C30H18ClF3N2O3/c31-24-14-4-5-15-25(24)39-29(38)36-20-11-6-10-19(16-20)26-21-12-7-13-23(30(32,33)34)27(21)35-17-22(26)28(37)18-8-2-1-3-9-18/h1-17H,(H,36,38). The van der Waals surface area contributed by atoms with Gasteiger partial charge in [0.2, 0.25) is 0 Å². The fraction of sp³-hybridized carbons (Fsp3) is 0.0333. The Bertz CT molecular complexity index is 1710. The van der Waals surface area contributed by atoms with Crippen LogP contribution in [0.2, 0.25) is 5.02 Å². The summed E-state index contributed by atoms with van der Waals surface area (Å²) in [6.07, 6.45) is -4.31. The molecule has 0 atom stereocenters. The summed E-state index contributed by atoms with van der Waals surface area (Å²) in [6, 6.07) is 24.9. The molecule has 0 unspecified atom stereocenters. The second-order valence-corrected chi connectivity index (χ2v) is 8.87. The third-order valence-electron chi connectivity index (χ3n) is 5.92. The van der Waals surface area contributed by atoms with Crippen LogP contribution >= 0.6 is 11.6 Å². The molecule has 0 saturated carbocycles. The SMILES string of the molecule is O=C(Nc1cccc(-c2c(C(=O)c3ccccc3)cnc3c(C(F)(F)F)cccc23)c1)Oc1ccccc1Cl. The number of ether oxygens (including phenoxy) is 1. The summed E-state index contributed by atoms with van der Waals surface area (Å²) >= 11 is 6.05. The van der Waals surface area contributed by atoms with Crippen molar-refractivity contribution in [3.8, 4) is 16.9 Å². The van der Waals surface area contributed by atoms with Gasteiger partial charge in [0, 0.05) is 34.0 Å². The topological polar surface area (TPSA) is 68.3 Å². The van der Waals surface area contributed by atoms with E-state index in [1.807, 2.05) is 0 Å². The van der Waals surface area contributed by atoms with Crippen LogP contribution in [0.15, 0.2) is 103 Å². The number of benzene rings is 4. The van der Waals surface area contributed by atoms with E-state index in [0.29, 0.717) is 16.8 Å². The van der Waals surface area contributed by atoms with Gasteiger partial charge in [-0.3, -0.25) is 15.1 Å². The highest BCUT2D eigenvalue weighted by molar-refractivity contribution is 6.32. The number of amides is 1. The Balaban J connectivity index is 1.62. The van der Waals surface area contributed by atoms with Gasteiger partial charge in [0.05, 0.1) is 16.1 Å². The van der Waals surface area contributed by atoms with Crippen LogP contribution in [0.3, 0.4) is 0 Å². The highest BCUT2D eigenvalue weighted by Crippen LogP contribution is 2.39. The van der Waals surface area contributed by atoms with E-state index >= 15 is 0 Å². The second kappa shape index (κ2) is 10.6. The molecule has 1 heterocycles. The normalized spacial score (nSPS) is 11.3. The minimum atomic E-state index is -4.65. The second-order valence-electron chi connectivity index (χ2n) is 8.47. The number of hydrogen-bond acceptors (Lipinski definition) is 4. The molecule has 5 nitrogen and oxygen atoms in total. The van der Waals surface area contributed by atoms with Gasteiger partial charge in [0.15, 0.2) is 11.5 Å². The number of fused-ring (bicyclic) bond motifs is 1. The molecule has 9 heteroatoms. The summed E-state index contributed by atoms with van der Waals surface area (Å²) in [5.74, 6) is -0.253. The van der Waals surface area contributed by atoms with E-state index in [2.05, 4.69) is 10.3 Å². The maximum absolute atomic E-state index is 13.8. The fourth-order valence-corrected chi connectivity index (χ4v) is 4.38. The number of aromatic nitrogens is 1. The number of anilines is 1. The van der Waals surface area contributed by atoms with Crippen molar-refractivity contribution in [3.05, 3.63) is 125 Å². The van der Waals surface area contributed by atoms with Crippen LogP contribution in [0.1, 0.15) is 21.5 Å². The third-order valence-corrected chi connectivity index (χ3v) is 6.23. The molecule has 5 rings (SSSR count). The molecule has 39 heavy (non-hydrogen) atoms. The lowest BCUT2D eigenvalue weighted by molar-refractivity contribution is -0.136.